The van der Waals surface area contributed by atoms with Crippen LogP contribution in [0.2, 0.25) is 0 Å². The van der Waals surface area contributed by atoms with Gasteiger partial charge in [0, 0.05) is 6.04 Å². The third-order valence-corrected chi connectivity index (χ3v) is 4.52. The molecule has 0 radical (unpaired) electrons. The molecule has 0 saturated heterocycles. The lowest BCUT2D eigenvalue weighted by molar-refractivity contribution is 0.412. The van der Waals surface area contributed by atoms with Crippen LogP contribution in [0.1, 0.15) is 32.3 Å². The summed E-state index contributed by atoms with van der Waals surface area (Å²) in [6.07, 6.45) is 3.37. The van der Waals surface area contributed by atoms with Crippen molar-refractivity contribution in [2.45, 2.75) is 39.2 Å². The lowest BCUT2D eigenvalue weighted by Crippen LogP contribution is -2.37. The predicted molar refractivity (Wildman–Crippen MR) is 83.8 cm³/mol. The molecule has 2 rings (SSSR count). The van der Waals surface area contributed by atoms with E-state index < -0.39 is 0 Å². The molecule has 0 amide bonds. The van der Waals surface area contributed by atoms with E-state index in [0.29, 0.717) is 6.04 Å². The predicted octanol–water partition coefficient (Wildman–Crippen LogP) is 4.09. The Bertz CT molecular complexity index is 482. The molecule has 1 atom stereocenters. The van der Waals surface area contributed by atoms with Gasteiger partial charge < -0.3 is 10.1 Å². The van der Waals surface area contributed by atoms with Crippen molar-refractivity contribution < 1.29 is 4.74 Å². The normalized spacial score (nSPS) is 19.7. The zero-order chi connectivity index (χ0) is 13.8. The molecule has 2 nitrogen and oxygen atoms in total. The summed E-state index contributed by atoms with van der Waals surface area (Å²) in [5.41, 5.74) is 4.49. The first-order chi connectivity index (χ1) is 9.15. The highest BCUT2D eigenvalue weighted by molar-refractivity contribution is 9.10. The van der Waals surface area contributed by atoms with E-state index in [-0.39, 0.29) is 0 Å². The Morgan fingerprint density at radius 1 is 1.42 bits per heavy atom. The number of hydrogen-bond donors (Lipinski definition) is 1. The summed E-state index contributed by atoms with van der Waals surface area (Å²) in [7, 11) is 1.70. The van der Waals surface area contributed by atoms with Gasteiger partial charge in [0.2, 0.25) is 0 Å². The van der Waals surface area contributed by atoms with E-state index in [2.05, 4.69) is 47.2 Å². The number of ether oxygens (including phenoxy) is 1. The zero-order valence-corrected chi connectivity index (χ0v) is 13.5. The molecule has 1 aliphatic heterocycles. The minimum atomic E-state index is 0.485. The molecule has 1 aromatic rings. The van der Waals surface area contributed by atoms with Gasteiger partial charge in [-0.05, 0) is 66.4 Å². The Kier molecular flexibility index (Phi) is 5.06. The fourth-order valence-corrected chi connectivity index (χ4v) is 3.42. The van der Waals surface area contributed by atoms with Crippen LogP contribution < -0.4 is 10.1 Å². The maximum Gasteiger partial charge on any atom is 0.133 e. The van der Waals surface area contributed by atoms with Crippen LogP contribution >= 0.6 is 15.9 Å². The van der Waals surface area contributed by atoms with Crippen LogP contribution in [0.25, 0.3) is 0 Å². The second-order valence-electron chi connectivity index (χ2n) is 5.09. The van der Waals surface area contributed by atoms with Gasteiger partial charge in [-0.15, -0.1) is 0 Å². The summed E-state index contributed by atoms with van der Waals surface area (Å²) in [6.45, 7) is 5.62. The Morgan fingerprint density at radius 3 is 2.84 bits per heavy atom. The molecule has 0 aliphatic carbocycles. The summed E-state index contributed by atoms with van der Waals surface area (Å²) in [5.74, 6) is 0.891. The lowest BCUT2D eigenvalue weighted by atomic mass is 9.89. The second-order valence-corrected chi connectivity index (χ2v) is 5.94. The quantitative estimate of drug-likeness (QED) is 0.843. The van der Waals surface area contributed by atoms with Crippen LogP contribution in [-0.4, -0.2) is 19.7 Å². The Balaban J connectivity index is 2.16. The maximum absolute atomic E-state index is 5.28. The van der Waals surface area contributed by atoms with Crippen molar-refractivity contribution in [2.75, 3.05) is 13.7 Å². The van der Waals surface area contributed by atoms with Gasteiger partial charge in [-0.3, -0.25) is 0 Å². The third-order valence-electron chi connectivity index (χ3n) is 3.90. The van der Waals surface area contributed by atoms with Gasteiger partial charge in [0.25, 0.3) is 0 Å². The fourth-order valence-electron chi connectivity index (χ4n) is 2.83. The van der Waals surface area contributed by atoms with E-state index in [1.54, 1.807) is 18.3 Å². The summed E-state index contributed by atoms with van der Waals surface area (Å²) in [6, 6.07) is 6.84. The molecule has 1 unspecified atom stereocenters. The summed E-state index contributed by atoms with van der Waals surface area (Å²) < 4.78 is 6.31. The first kappa shape index (κ1) is 14.6. The van der Waals surface area contributed by atoms with Gasteiger partial charge >= 0.3 is 0 Å². The standard InChI is InChI=1S/C16H22BrNO/c1-4-13-11(2)7-8-18-15(13)10-12-5-6-16(19-3)14(17)9-12/h5-6,9,15,18H,4,7-8,10H2,1-3H3. The molecule has 104 valence electrons. The van der Waals surface area contributed by atoms with Crippen LogP contribution in [-0.2, 0) is 6.42 Å². The smallest absolute Gasteiger partial charge is 0.133 e. The first-order valence-electron chi connectivity index (χ1n) is 6.90. The Morgan fingerprint density at radius 2 is 2.21 bits per heavy atom. The molecule has 0 spiro atoms. The number of benzene rings is 1. The van der Waals surface area contributed by atoms with E-state index in [1.807, 2.05) is 6.07 Å². The highest BCUT2D eigenvalue weighted by Crippen LogP contribution is 2.28. The summed E-state index contributed by atoms with van der Waals surface area (Å²) in [5, 5.41) is 3.64. The van der Waals surface area contributed by atoms with Gasteiger partial charge in [-0.25, -0.2) is 0 Å². The molecule has 3 heteroatoms. The first-order valence-corrected chi connectivity index (χ1v) is 7.69. The highest BCUT2D eigenvalue weighted by atomic mass is 79.9. The van der Waals surface area contributed by atoms with Crippen LogP contribution in [0, 0.1) is 0 Å². The van der Waals surface area contributed by atoms with Crippen molar-refractivity contribution >= 4 is 15.9 Å². The van der Waals surface area contributed by atoms with Gasteiger partial charge in [0.1, 0.15) is 5.75 Å². The third kappa shape index (κ3) is 3.40. The van der Waals surface area contributed by atoms with Gasteiger partial charge in [0.15, 0.2) is 0 Å². The molecule has 0 fully saturated rings. The largest absolute Gasteiger partial charge is 0.496 e. The molecule has 1 aromatic carbocycles. The average molecular weight is 324 g/mol. The molecule has 0 saturated carbocycles. The molecule has 0 aromatic heterocycles. The molecular weight excluding hydrogens is 302 g/mol. The lowest BCUT2D eigenvalue weighted by Gasteiger charge is -2.28. The van der Waals surface area contributed by atoms with Crippen molar-refractivity contribution in [3.8, 4) is 5.75 Å². The highest BCUT2D eigenvalue weighted by Gasteiger charge is 2.19. The van der Waals surface area contributed by atoms with Crippen molar-refractivity contribution in [1.29, 1.82) is 0 Å². The van der Waals surface area contributed by atoms with E-state index in [0.717, 1.165) is 29.6 Å². The molecule has 1 heterocycles. The summed E-state index contributed by atoms with van der Waals surface area (Å²) >= 11 is 3.56. The van der Waals surface area contributed by atoms with Crippen LogP contribution in [0.15, 0.2) is 33.8 Å². The Labute approximate surface area is 124 Å². The molecule has 1 N–H and O–H groups in total. The minimum Gasteiger partial charge on any atom is -0.496 e. The van der Waals surface area contributed by atoms with Crippen LogP contribution in [0.3, 0.4) is 0 Å². The monoisotopic (exact) mass is 323 g/mol. The number of hydrogen-bond acceptors (Lipinski definition) is 2. The second kappa shape index (κ2) is 6.58. The number of methoxy groups -OCH3 is 1. The fraction of sp³-hybridized carbons (Fsp3) is 0.500. The number of rotatable bonds is 4. The van der Waals surface area contributed by atoms with E-state index >= 15 is 0 Å². The van der Waals surface area contributed by atoms with E-state index in [4.69, 9.17) is 4.74 Å². The molecule has 19 heavy (non-hydrogen) atoms. The number of halogens is 1. The topological polar surface area (TPSA) is 21.3 Å². The van der Waals surface area contributed by atoms with Crippen molar-refractivity contribution in [2.24, 2.45) is 0 Å². The van der Waals surface area contributed by atoms with Crippen molar-refractivity contribution in [3.63, 3.8) is 0 Å². The summed E-state index contributed by atoms with van der Waals surface area (Å²) in [4.78, 5) is 0. The van der Waals surface area contributed by atoms with E-state index in [1.165, 1.54) is 12.0 Å². The van der Waals surface area contributed by atoms with Crippen molar-refractivity contribution in [1.82, 2.24) is 5.32 Å². The maximum atomic E-state index is 5.28. The van der Waals surface area contributed by atoms with Gasteiger partial charge in [-0.1, -0.05) is 24.1 Å². The SMILES string of the molecule is CCC1=C(C)CCNC1Cc1ccc(OC)c(Br)c1. The zero-order valence-electron chi connectivity index (χ0n) is 11.9. The van der Waals surface area contributed by atoms with Gasteiger partial charge in [0.05, 0.1) is 11.6 Å². The van der Waals surface area contributed by atoms with E-state index in [9.17, 15) is 0 Å². The molecule has 0 bridgehead atoms. The average Bonchev–Trinajstić information content (AvgIpc) is 2.39. The Hall–Kier alpha value is -0.800. The number of nitrogens with one attached hydrogen (secondary N) is 1. The van der Waals surface area contributed by atoms with Crippen molar-refractivity contribution in [3.05, 3.63) is 39.4 Å². The van der Waals surface area contributed by atoms with Crippen LogP contribution in [0.4, 0.5) is 0 Å². The van der Waals surface area contributed by atoms with Crippen LogP contribution in [0.5, 0.6) is 5.75 Å². The molecule has 1 aliphatic rings. The minimum absolute atomic E-state index is 0.485. The molecular formula is C16H22BrNO. The van der Waals surface area contributed by atoms with Gasteiger partial charge in [-0.2, -0.15) is 0 Å².